The smallest absolute Gasteiger partial charge is 0.218 e. The van der Waals surface area contributed by atoms with Crippen molar-refractivity contribution in [3.8, 4) is 0 Å². The summed E-state index contributed by atoms with van der Waals surface area (Å²) in [5.41, 5.74) is 0. The summed E-state index contributed by atoms with van der Waals surface area (Å²) in [7, 11) is 9.45. The molecule has 0 saturated carbocycles. The van der Waals surface area contributed by atoms with E-state index in [9.17, 15) is 4.79 Å². The molecule has 74 valence electrons. The zero-order chi connectivity index (χ0) is 10.7. The first kappa shape index (κ1) is 17.3. The fraction of sp³-hybridized carbons (Fsp3) is 0.750. The Bertz CT molecular complexity index is 100. The first-order chi connectivity index (χ1) is 5.37. The van der Waals surface area contributed by atoms with Crippen molar-refractivity contribution in [3.63, 3.8) is 0 Å². The van der Waals surface area contributed by atoms with Gasteiger partial charge in [0.05, 0.1) is 0 Å². The first-order valence-electron chi connectivity index (χ1n) is 3.45. The van der Waals surface area contributed by atoms with Crippen molar-refractivity contribution in [3.05, 3.63) is 0 Å². The highest BCUT2D eigenvalue weighted by atomic mass is 16.2. The number of hydrogen-bond donors (Lipinski definition) is 0. The van der Waals surface area contributed by atoms with Crippen LogP contribution in [0.3, 0.4) is 0 Å². The van der Waals surface area contributed by atoms with Crippen molar-refractivity contribution in [1.29, 1.82) is 0 Å². The molecule has 0 unspecified atom stereocenters. The second kappa shape index (κ2) is 12.7. The van der Waals surface area contributed by atoms with Gasteiger partial charge in [-0.05, 0) is 21.1 Å². The van der Waals surface area contributed by atoms with Gasteiger partial charge in [0.25, 0.3) is 0 Å². The quantitative estimate of drug-likeness (QED) is 0.525. The van der Waals surface area contributed by atoms with Crippen LogP contribution in [0.2, 0.25) is 0 Å². The van der Waals surface area contributed by atoms with E-state index < -0.39 is 0 Å². The summed E-state index contributed by atoms with van der Waals surface area (Å²) in [6.45, 7) is 3.53. The van der Waals surface area contributed by atoms with E-state index in [0.29, 0.717) is 0 Å². The molecule has 4 nitrogen and oxygen atoms in total. The molecule has 0 aromatic carbocycles. The SMILES string of the molecule is C=O.CC(=O)N(C)C.CN(C)C. The van der Waals surface area contributed by atoms with E-state index in [1.165, 1.54) is 11.8 Å². The molecule has 0 N–H and O–H groups in total. The van der Waals surface area contributed by atoms with E-state index in [1.807, 2.05) is 32.8 Å². The lowest BCUT2D eigenvalue weighted by atomic mass is 10.7. The Morgan fingerprint density at radius 2 is 1.08 bits per heavy atom. The second-order valence-electron chi connectivity index (χ2n) is 2.76. The highest BCUT2D eigenvalue weighted by molar-refractivity contribution is 5.72. The maximum absolute atomic E-state index is 10.1. The van der Waals surface area contributed by atoms with Crippen LogP contribution in [0.15, 0.2) is 0 Å². The number of carbonyl (C=O) groups excluding carboxylic acids is 2. The molecule has 0 spiro atoms. The number of amides is 1. The summed E-state index contributed by atoms with van der Waals surface area (Å²) >= 11 is 0. The molecule has 0 rings (SSSR count). The van der Waals surface area contributed by atoms with Crippen LogP contribution in [-0.2, 0) is 9.59 Å². The molecule has 4 heteroatoms. The van der Waals surface area contributed by atoms with Crippen molar-refractivity contribution in [2.45, 2.75) is 6.92 Å². The number of nitrogens with zero attached hydrogens (tertiary/aromatic N) is 2. The molecule has 0 atom stereocenters. The highest BCUT2D eigenvalue weighted by Gasteiger charge is 1.87. The number of carbonyl (C=O) groups is 2. The number of hydrogen-bond acceptors (Lipinski definition) is 3. The molecular weight excluding hydrogens is 156 g/mol. The van der Waals surface area contributed by atoms with E-state index in [2.05, 4.69) is 0 Å². The van der Waals surface area contributed by atoms with Gasteiger partial charge >= 0.3 is 0 Å². The third-order valence-corrected chi connectivity index (χ3v) is 0.630. The van der Waals surface area contributed by atoms with Crippen LogP contribution in [0.1, 0.15) is 6.92 Å². The Labute approximate surface area is 75.1 Å². The van der Waals surface area contributed by atoms with Gasteiger partial charge in [-0.2, -0.15) is 0 Å². The molecule has 0 aliphatic rings. The topological polar surface area (TPSA) is 40.6 Å². The fourth-order valence-corrected chi connectivity index (χ4v) is 0. The second-order valence-corrected chi connectivity index (χ2v) is 2.76. The third kappa shape index (κ3) is 62.1. The lowest BCUT2D eigenvalue weighted by Gasteiger charge is -2.02. The minimum absolute atomic E-state index is 0.0926. The maximum atomic E-state index is 10.1. The lowest BCUT2D eigenvalue weighted by molar-refractivity contribution is -0.126. The van der Waals surface area contributed by atoms with E-state index in [4.69, 9.17) is 4.79 Å². The van der Waals surface area contributed by atoms with Gasteiger partial charge in [0.1, 0.15) is 6.79 Å². The van der Waals surface area contributed by atoms with Gasteiger partial charge < -0.3 is 14.6 Å². The molecule has 0 aromatic heterocycles. The first-order valence-corrected chi connectivity index (χ1v) is 3.45. The Balaban J connectivity index is -0.000000118. The van der Waals surface area contributed by atoms with E-state index in [0.717, 1.165) is 0 Å². The van der Waals surface area contributed by atoms with Crippen LogP contribution in [0.4, 0.5) is 0 Å². The van der Waals surface area contributed by atoms with Crippen LogP contribution in [-0.4, -0.2) is 57.7 Å². The highest BCUT2D eigenvalue weighted by Crippen LogP contribution is 1.69. The van der Waals surface area contributed by atoms with Crippen LogP contribution >= 0.6 is 0 Å². The van der Waals surface area contributed by atoms with Gasteiger partial charge in [0.2, 0.25) is 5.91 Å². The number of rotatable bonds is 0. The van der Waals surface area contributed by atoms with Gasteiger partial charge in [-0.1, -0.05) is 0 Å². The van der Waals surface area contributed by atoms with Crippen molar-refractivity contribution < 1.29 is 9.59 Å². The lowest BCUT2D eigenvalue weighted by Crippen LogP contribution is -2.17. The van der Waals surface area contributed by atoms with E-state index in [1.54, 1.807) is 14.1 Å². The average molecular weight is 176 g/mol. The van der Waals surface area contributed by atoms with Crippen LogP contribution < -0.4 is 0 Å². The monoisotopic (exact) mass is 176 g/mol. The summed E-state index contributed by atoms with van der Waals surface area (Å²) in [4.78, 5) is 21.6. The van der Waals surface area contributed by atoms with Gasteiger partial charge in [-0.25, -0.2) is 0 Å². The van der Waals surface area contributed by atoms with E-state index in [-0.39, 0.29) is 5.91 Å². The van der Waals surface area contributed by atoms with Crippen LogP contribution in [0, 0.1) is 0 Å². The average Bonchev–Trinajstić information content (AvgIpc) is 1.90. The molecule has 12 heavy (non-hydrogen) atoms. The van der Waals surface area contributed by atoms with Crippen LogP contribution in [0.5, 0.6) is 0 Å². The molecule has 1 amide bonds. The molecule has 0 fully saturated rings. The predicted octanol–water partition coefficient (Wildman–Crippen LogP) is 0.0874. The summed E-state index contributed by atoms with van der Waals surface area (Å²) in [5, 5.41) is 0. The van der Waals surface area contributed by atoms with Crippen LogP contribution in [0.25, 0.3) is 0 Å². The Kier molecular flexibility index (Phi) is 18.3. The van der Waals surface area contributed by atoms with Crippen molar-refractivity contribution in [2.75, 3.05) is 35.2 Å². The fourth-order valence-electron chi connectivity index (χ4n) is 0. The predicted molar refractivity (Wildman–Crippen MR) is 51.1 cm³/mol. The van der Waals surface area contributed by atoms with Gasteiger partial charge in [0.15, 0.2) is 0 Å². The molecule has 0 heterocycles. The summed E-state index contributed by atoms with van der Waals surface area (Å²) in [6, 6.07) is 0. The van der Waals surface area contributed by atoms with Crippen molar-refractivity contribution >= 4 is 12.7 Å². The maximum Gasteiger partial charge on any atom is 0.218 e. The molecule has 0 saturated heterocycles. The normalized spacial score (nSPS) is 7.25. The van der Waals surface area contributed by atoms with E-state index >= 15 is 0 Å². The third-order valence-electron chi connectivity index (χ3n) is 0.630. The standard InChI is InChI=1S/C4H9NO.C3H9N.CH2O/c1-4(6)5(2)3;1-4(2)3;1-2/h1-3H3;1-3H3;1H2. The molecule has 0 bridgehead atoms. The molecule has 0 aromatic rings. The Morgan fingerprint density at radius 1 is 1.00 bits per heavy atom. The summed E-state index contributed by atoms with van der Waals surface area (Å²) in [5.74, 6) is 0.0926. The Morgan fingerprint density at radius 3 is 1.08 bits per heavy atom. The Hall–Kier alpha value is -0.900. The van der Waals surface area contributed by atoms with Crippen molar-refractivity contribution in [1.82, 2.24) is 9.80 Å². The largest absolute Gasteiger partial charge is 0.349 e. The molecular formula is C8H20N2O2. The van der Waals surface area contributed by atoms with Gasteiger partial charge in [-0.15, -0.1) is 0 Å². The van der Waals surface area contributed by atoms with Gasteiger partial charge in [0, 0.05) is 21.0 Å². The summed E-state index contributed by atoms with van der Waals surface area (Å²) < 4.78 is 0. The minimum Gasteiger partial charge on any atom is -0.349 e. The molecule has 0 aliphatic carbocycles. The minimum atomic E-state index is 0.0926. The van der Waals surface area contributed by atoms with Crippen molar-refractivity contribution in [2.24, 2.45) is 0 Å². The molecule has 0 radical (unpaired) electrons. The zero-order valence-corrected chi connectivity index (χ0v) is 8.92. The van der Waals surface area contributed by atoms with Gasteiger partial charge in [-0.3, -0.25) is 4.79 Å². The summed E-state index contributed by atoms with van der Waals surface area (Å²) in [6.07, 6.45) is 0. The zero-order valence-electron chi connectivity index (χ0n) is 8.92. The molecule has 0 aliphatic heterocycles.